The second-order valence-electron chi connectivity index (χ2n) is 3.36. The monoisotopic (exact) mass is 154 g/mol. The Kier molecular flexibility index (Phi) is 4.04. The van der Waals surface area contributed by atoms with Crippen molar-refractivity contribution >= 4 is 6.29 Å². The normalized spacial score (nSPS) is 11.2. The average Bonchev–Trinajstić information content (AvgIpc) is 1.99. The zero-order valence-corrected chi connectivity index (χ0v) is 7.31. The summed E-state index contributed by atoms with van der Waals surface area (Å²) in [5, 5.41) is 0. The summed E-state index contributed by atoms with van der Waals surface area (Å²) in [6, 6.07) is 0. The summed E-state index contributed by atoms with van der Waals surface area (Å²) in [7, 11) is 0. The molecule has 0 amide bonds. The van der Waals surface area contributed by atoms with Gasteiger partial charge in [0.05, 0.1) is 0 Å². The first-order valence-corrected chi connectivity index (χ1v) is 3.82. The zero-order chi connectivity index (χ0) is 8.91. The molecule has 0 aliphatic rings. The van der Waals surface area contributed by atoms with Crippen LogP contribution in [-0.4, -0.2) is 12.8 Å². The molecule has 2 N–H and O–H groups in total. The van der Waals surface area contributed by atoms with Crippen molar-refractivity contribution in [3.05, 3.63) is 12.2 Å². The van der Waals surface area contributed by atoms with Gasteiger partial charge in [0.15, 0.2) is 0 Å². The minimum atomic E-state index is -0.138. The standard InChI is InChI=1S/C9H16NO/c1-8(7-11)9(2,3)5-4-6-10/h1,4-6,10H2,2-3H3. The van der Waals surface area contributed by atoms with Crippen molar-refractivity contribution in [1.82, 2.24) is 0 Å². The molecule has 0 saturated heterocycles. The highest BCUT2D eigenvalue weighted by atomic mass is 16.1. The van der Waals surface area contributed by atoms with E-state index in [2.05, 4.69) is 6.58 Å². The third-order valence-electron chi connectivity index (χ3n) is 1.95. The van der Waals surface area contributed by atoms with Crippen LogP contribution >= 0.6 is 0 Å². The fourth-order valence-corrected chi connectivity index (χ4v) is 0.833. The molecule has 0 aromatic carbocycles. The molecular weight excluding hydrogens is 138 g/mol. The lowest BCUT2D eigenvalue weighted by Gasteiger charge is -2.22. The van der Waals surface area contributed by atoms with E-state index in [1.54, 1.807) is 0 Å². The van der Waals surface area contributed by atoms with Crippen molar-refractivity contribution in [3.8, 4) is 0 Å². The molecule has 11 heavy (non-hydrogen) atoms. The summed E-state index contributed by atoms with van der Waals surface area (Å²) in [5.74, 6) is 0. The van der Waals surface area contributed by atoms with Crippen molar-refractivity contribution in [2.24, 2.45) is 11.1 Å². The lowest BCUT2D eigenvalue weighted by molar-refractivity contribution is 0.406. The van der Waals surface area contributed by atoms with E-state index in [0.717, 1.165) is 12.8 Å². The van der Waals surface area contributed by atoms with Gasteiger partial charge in [-0.25, -0.2) is 0 Å². The zero-order valence-electron chi connectivity index (χ0n) is 7.31. The summed E-state index contributed by atoms with van der Waals surface area (Å²) < 4.78 is 0. The highest BCUT2D eigenvalue weighted by molar-refractivity contribution is 5.74. The quantitative estimate of drug-likeness (QED) is 0.608. The van der Waals surface area contributed by atoms with Crippen LogP contribution in [0.4, 0.5) is 0 Å². The maximum Gasteiger partial charge on any atom is 0.229 e. The Morgan fingerprint density at radius 2 is 2.18 bits per heavy atom. The van der Waals surface area contributed by atoms with Crippen molar-refractivity contribution in [2.75, 3.05) is 6.54 Å². The van der Waals surface area contributed by atoms with E-state index in [0.29, 0.717) is 12.1 Å². The Bertz CT molecular complexity index is 150. The van der Waals surface area contributed by atoms with Crippen LogP contribution in [0.2, 0.25) is 0 Å². The fourth-order valence-electron chi connectivity index (χ4n) is 0.833. The Morgan fingerprint density at radius 1 is 1.64 bits per heavy atom. The topological polar surface area (TPSA) is 43.1 Å². The highest BCUT2D eigenvalue weighted by Gasteiger charge is 2.20. The van der Waals surface area contributed by atoms with Crippen LogP contribution in [0.5, 0.6) is 0 Å². The van der Waals surface area contributed by atoms with E-state index in [-0.39, 0.29) is 5.41 Å². The number of hydrogen-bond donors (Lipinski definition) is 1. The van der Waals surface area contributed by atoms with Gasteiger partial charge >= 0.3 is 0 Å². The predicted molar refractivity (Wildman–Crippen MR) is 46.9 cm³/mol. The first-order chi connectivity index (χ1) is 5.04. The third-order valence-corrected chi connectivity index (χ3v) is 1.95. The first kappa shape index (κ1) is 10.4. The fraction of sp³-hybridized carbons (Fsp3) is 0.667. The van der Waals surface area contributed by atoms with Crippen LogP contribution < -0.4 is 5.73 Å². The molecule has 0 atom stereocenters. The summed E-state index contributed by atoms with van der Waals surface area (Å²) in [4.78, 5) is 10.3. The molecule has 63 valence electrons. The van der Waals surface area contributed by atoms with E-state index >= 15 is 0 Å². The second kappa shape index (κ2) is 4.29. The number of hydrogen-bond acceptors (Lipinski definition) is 2. The van der Waals surface area contributed by atoms with E-state index in [1.807, 2.05) is 20.1 Å². The third kappa shape index (κ3) is 3.33. The van der Waals surface area contributed by atoms with Gasteiger partial charge in [0, 0.05) is 5.57 Å². The van der Waals surface area contributed by atoms with Gasteiger partial charge in [0.1, 0.15) is 0 Å². The molecule has 0 aliphatic heterocycles. The Balaban J connectivity index is 3.98. The van der Waals surface area contributed by atoms with Crippen molar-refractivity contribution in [2.45, 2.75) is 26.7 Å². The second-order valence-corrected chi connectivity index (χ2v) is 3.36. The van der Waals surface area contributed by atoms with Gasteiger partial charge in [-0.05, 0) is 24.8 Å². The van der Waals surface area contributed by atoms with Crippen LogP contribution in [-0.2, 0) is 4.79 Å². The number of nitrogens with two attached hydrogens (primary N) is 1. The molecular formula is C9H16NO. The molecule has 0 saturated carbocycles. The predicted octanol–water partition coefficient (Wildman–Crippen LogP) is 1.42. The Hall–Kier alpha value is -0.630. The smallest absolute Gasteiger partial charge is 0.229 e. The van der Waals surface area contributed by atoms with Crippen LogP contribution in [0.25, 0.3) is 0 Å². The molecule has 1 radical (unpaired) electrons. The molecule has 0 fully saturated rings. The van der Waals surface area contributed by atoms with E-state index in [4.69, 9.17) is 5.73 Å². The molecule has 0 aromatic rings. The number of allylic oxidation sites excluding steroid dienone is 1. The van der Waals surface area contributed by atoms with Crippen LogP contribution in [0.1, 0.15) is 26.7 Å². The molecule has 0 aliphatic carbocycles. The van der Waals surface area contributed by atoms with Gasteiger partial charge in [0.2, 0.25) is 6.29 Å². The molecule has 0 heterocycles. The first-order valence-electron chi connectivity index (χ1n) is 3.82. The molecule has 0 bridgehead atoms. The van der Waals surface area contributed by atoms with Gasteiger partial charge in [-0.1, -0.05) is 20.4 Å². The van der Waals surface area contributed by atoms with Crippen molar-refractivity contribution in [1.29, 1.82) is 0 Å². The largest absolute Gasteiger partial charge is 0.330 e. The Labute approximate surface area is 68.5 Å². The summed E-state index contributed by atoms with van der Waals surface area (Å²) in [6.07, 6.45) is 3.65. The SMILES string of the molecule is C=C([C]=O)C(C)(C)CCCN. The molecule has 2 heteroatoms. The highest BCUT2D eigenvalue weighted by Crippen LogP contribution is 2.28. The minimum Gasteiger partial charge on any atom is -0.330 e. The lowest BCUT2D eigenvalue weighted by atomic mass is 9.81. The van der Waals surface area contributed by atoms with Crippen LogP contribution in [0, 0.1) is 5.41 Å². The average molecular weight is 154 g/mol. The molecule has 0 rings (SSSR count). The molecule has 2 nitrogen and oxygen atoms in total. The number of rotatable bonds is 5. The van der Waals surface area contributed by atoms with Crippen molar-refractivity contribution < 1.29 is 4.79 Å². The molecule has 0 aromatic heterocycles. The van der Waals surface area contributed by atoms with Gasteiger partial charge in [-0.2, -0.15) is 0 Å². The Morgan fingerprint density at radius 3 is 2.55 bits per heavy atom. The van der Waals surface area contributed by atoms with Gasteiger partial charge in [0.25, 0.3) is 0 Å². The summed E-state index contributed by atoms with van der Waals surface area (Å²) in [6.45, 7) is 8.26. The number of carbonyl (C=O) groups excluding carboxylic acids is 1. The van der Waals surface area contributed by atoms with Gasteiger partial charge in [-0.15, -0.1) is 0 Å². The van der Waals surface area contributed by atoms with Crippen LogP contribution in [0.3, 0.4) is 0 Å². The van der Waals surface area contributed by atoms with Crippen molar-refractivity contribution in [3.63, 3.8) is 0 Å². The maximum absolute atomic E-state index is 10.3. The van der Waals surface area contributed by atoms with E-state index in [9.17, 15) is 4.79 Å². The van der Waals surface area contributed by atoms with E-state index in [1.165, 1.54) is 0 Å². The maximum atomic E-state index is 10.3. The van der Waals surface area contributed by atoms with Gasteiger partial charge in [-0.3, -0.25) is 4.79 Å². The molecule has 0 unspecified atom stereocenters. The lowest BCUT2D eigenvalue weighted by Crippen LogP contribution is -2.16. The van der Waals surface area contributed by atoms with E-state index < -0.39 is 0 Å². The summed E-state index contributed by atoms with van der Waals surface area (Å²) in [5.41, 5.74) is 5.74. The summed E-state index contributed by atoms with van der Waals surface area (Å²) >= 11 is 0. The molecule has 0 spiro atoms. The minimum absolute atomic E-state index is 0.138. The van der Waals surface area contributed by atoms with Gasteiger partial charge < -0.3 is 5.73 Å². The van der Waals surface area contributed by atoms with Crippen LogP contribution in [0.15, 0.2) is 12.2 Å².